The van der Waals surface area contributed by atoms with E-state index in [1.807, 2.05) is 18.2 Å². The van der Waals surface area contributed by atoms with Crippen molar-refractivity contribution in [3.05, 3.63) is 30.3 Å². The second-order valence-corrected chi connectivity index (χ2v) is 5.13. The summed E-state index contributed by atoms with van der Waals surface area (Å²) in [5, 5.41) is 0. The summed E-state index contributed by atoms with van der Waals surface area (Å²) >= 11 is 0. The van der Waals surface area contributed by atoms with E-state index in [0.29, 0.717) is 19.5 Å². The van der Waals surface area contributed by atoms with Gasteiger partial charge in [-0.3, -0.25) is 9.59 Å². The molecule has 2 rings (SSSR count). The topological polar surface area (TPSA) is 49.9 Å². The first-order valence-corrected chi connectivity index (χ1v) is 7.40. The van der Waals surface area contributed by atoms with Gasteiger partial charge in [-0.1, -0.05) is 25.1 Å². The number of nitrogens with zero attached hydrogens (tertiary/aromatic N) is 2. The van der Waals surface area contributed by atoms with Crippen LogP contribution in [0.25, 0.3) is 0 Å². The number of carbonyl (C=O) groups is 2. The van der Waals surface area contributed by atoms with E-state index in [1.54, 1.807) is 18.7 Å². The number of piperazine rings is 1. The first kappa shape index (κ1) is 15.4. The first-order valence-electron chi connectivity index (χ1n) is 7.40. The Hall–Kier alpha value is -2.04. The van der Waals surface area contributed by atoms with Gasteiger partial charge in [-0.2, -0.15) is 0 Å². The van der Waals surface area contributed by atoms with Gasteiger partial charge in [-0.05, 0) is 19.1 Å². The number of carbonyl (C=O) groups excluding carboxylic acids is 2. The Balaban J connectivity index is 1.86. The summed E-state index contributed by atoms with van der Waals surface area (Å²) in [5.41, 5.74) is 1.18. The molecule has 0 bridgehead atoms. The molecule has 1 aromatic carbocycles. The Bertz CT molecular complexity index is 482. The number of para-hydroxylation sites is 1. The standard InChI is InChI=1S/C16H22N2O3/c1-3-15(19)21-13(2)16(20)18-11-9-17(10-12-18)14-7-5-4-6-8-14/h4-8,13H,3,9-12H2,1-2H3. The summed E-state index contributed by atoms with van der Waals surface area (Å²) in [6, 6.07) is 10.2. The number of benzene rings is 1. The molecule has 0 radical (unpaired) electrons. The van der Waals surface area contributed by atoms with Crippen LogP contribution in [-0.2, 0) is 14.3 Å². The summed E-state index contributed by atoms with van der Waals surface area (Å²) < 4.78 is 5.08. The van der Waals surface area contributed by atoms with E-state index in [9.17, 15) is 9.59 Å². The van der Waals surface area contributed by atoms with Gasteiger partial charge in [0.05, 0.1) is 0 Å². The average Bonchev–Trinajstić information content (AvgIpc) is 2.55. The Morgan fingerprint density at radius 1 is 1.14 bits per heavy atom. The molecular weight excluding hydrogens is 268 g/mol. The smallest absolute Gasteiger partial charge is 0.306 e. The minimum atomic E-state index is -0.694. The Kier molecular flexibility index (Phi) is 5.20. The van der Waals surface area contributed by atoms with Gasteiger partial charge in [0.2, 0.25) is 0 Å². The van der Waals surface area contributed by atoms with Crippen molar-refractivity contribution in [2.45, 2.75) is 26.4 Å². The molecule has 1 aromatic rings. The number of esters is 1. The molecule has 1 atom stereocenters. The molecule has 5 nitrogen and oxygen atoms in total. The van der Waals surface area contributed by atoms with Crippen molar-refractivity contribution in [2.24, 2.45) is 0 Å². The van der Waals surface area contributed by atoms with Crippen LogP contribution in [0.3, 0.4) is 0 Å². The van der Waals surface area contributed by atoms with E-state index in [0.717, 1.165) is 13.1 Å². The zero-order chi connectivity index (χ0) is 15.2. The predicted molar refractivity (Wildman–Crippen MR) is 81.1 cm³/mol. The highest BCUT2D eigenvalue weighted by Gasteiger charge is 2.26. The highest BCUT2D eigenvalue weighted by Crippen LogP contribution is 2.16. The molecule has 1 fully saturated rings. The summed E-state index contributed by atoms with van der Waals surface area (Å²) in [6.07, 6.45) is -0.403. The molecule has 0 N–H and O–H groups in total. The molecule has 0 aromatic heterocycles. The lowest BCUT2D eigenvalue weighted by Gasteiger charge is -2.37. The Morgan fingerprint density at radius 3 is 2.33 bits per heavy atom. The fourth-order valence-corrected chi connectivity index (χ4v) is 2.41. The highest BCUT2D eigenvalue weighted by atomic mass is 16.5. The second kappa shape index (κ2) is 7.11. The van der Waals surface area contributed by atoms with E-state index in [4.69, 9.17) is 4.74 Å². The fourth-order valence-electron chi connectivity index (χ4n) is 2.41. The van der Waals surface area contributed by atoms with Crippen molar-refractivity contribution >= 4 is 17.6 Å². The largest absolute Gasteiger partial charge is 0.453 e. The van der Waals surface area contributed by atoms with Crippen LogP contribution in [0.2, 0.25) is 0 Å². The third-order valence-corrected chi connectivity index (χ3v) is 3.66. The van der Waals surface area contributed by atoms with E-state index in [2.05, 4.69) is 17.0 Å². The molecule has 5 heteroatoms. The quantitative estimate of drug-likeness (QED) is 0.792. The third-order valence-electron chi connectivity index (χ3n) is 3.66. The SMILES string of the molecule is CCC(=O)OC(C)C(=O)N1CCN(c2ccccc2)CC1. The molecule has 1 unspecified atom stereocenters. The summed E-state index contributed by atoms with van der Waals surface area (Å²) in [7, 11) is 0. The predicted octanol–water partition coefficient (Wildman–Crippen LogP) is 1.68. The van der Waals surface area contributed by atoms with E-state index < -0.39 is 6.10 Å². The maximum absolute atomic E-state index is 12.2. The molecule has 21 heavy (non-hydrogen) atoms. The van der Waals surface area contributed by atoms with Gasteiger partial charge in [-0.15, -0.1) is 0 Å². The summed E-state index contributed by atoms with van der Waals surface area (Å²) in [5.74, 6) is -0.441. The molecule has 1 amide bonds. The molecule has 1 aliphatic rings. The molecule has 0 spiro atoms. The lowest BCUT2D eigenvalue weighted by atomic mass is 10.2. The van der Waals surface area contributed by atoms with Crippen molar-refractivity contribution in [3.8, 4) is 0 Å². The van der Waals surface area contributed by atoms with Gasteiger partial charge >= 0.3 is 5.97 Å². The number of hydrogen-bond acceptors (Lipinski definition) is 4. The van der Waals surface area contributed by atoms with Gasteiger partial charge in [0, 0.05) is 38.3 Å². The van der Waals surface area contributed by atoms with Gasteiger partial charge in [-0.25, -0.2) is 0 Å². The third kappa shape index (κ3) is 3.97. The minimum absolute atomic E-state index is 0.107. The van der Waals surface area contributed by atoms with Crippen molar-refractivity contribution in [2.75, 3.05) is 31.1 Å². The monoisotopic (exact) mass is 290 g/mol. The number of hydrogen-bond donors (Lipinski definition) is 0. The van der Waals surface area contributed by atoms with E-state index in [-0.39, 0.29) is 11.9 Å². The lowest BCUT2D eigenvalue weighted by molar-refractivity contribution is -0.159. The summed E-state index contributed by atoms with van der Waals surface area (Å²) in [4.78, 5) is 27.5. The van der Waals surface area contributed by atoms with Crippen molar-refractivity contribution in [1.29, 1.82) is 0 Å². The maximum atomic E-state index is 12.2. The van der Waals surface area contributed by atoms with Crippen molar-refractivity contribution < 1.29 is 14.3 Å². The van der Waals surface area contributed by atoms with Crippen molar-refractivity contribution in [3.63, 3.8) is 0 Å². The molecule has 1 heterocycles. The first-order chi connectivity index (χ1) is 10.1. The van der Waals surface area contributed by atoms with Crippen LogP contribution in [-0.4, -0.2) is 49.1 Å². The van der Waals surface area contributed by atoms with Gasteiger partial charge in [0.1, 0.15) is 0 Å². The number of ether oxygens (including phenoxy) is 1. The number of rotatable bonds is 4. The van der Waals surface area contributed by atoms with Crippen LogP contribution < -0.4 is 4.90 Å². The van der Waals surface area contributed by atoms with Gasteiger partial charge in [0.25, 0.3) is 5.91 Å². The Labute approximate surface area is 125 Å². The Morgan fingerprint density at radius 2 is 1.76 bits per heavy atom. The van der Waals surface area contributed by atoms with E-state index in [1.165, 1.54) is 5.69 Å². The number of anilines is 1. The maximum Gasteiger partial charge on any atom is 0.306 e. The van der Waals surface area contributed by atoms with E-state index >= 15 is 0 Å². The molecule has 1 aliphatic heterocycles. The van der Waals surface area contributed by atoms with Crippen LogP contribution in [0.4, 0.5) is 5.69 Å². The average molecular weight is 290 g/mol. The molecular formula is C16H22N2O3. The van der Waals surface area contributed by atoms with Crippen LogP contribution in [0.1, 0.15) is 20.3 Å². The minimum Gasteiger partial charge on any atom is -0.453 e. The molecule has 0 aliphatic carbocycles. The zero-order valence-corrected chi connectivity index (χ0v) is 12.6. The van der Waals surface area contributed by atoms with Gasteiger partial charge < -0.3 is 14.5 Å². The van der Waals surface area contributed by atoms with Crippen LogP contribution in [0.15, 0.2) is 30.3 Å². The molecule has 114 valence electrons. The van der Waals surface area contributed by atoms with Crippen LogP contribution >= 0.6 is 0 Å². The summed E-state index contributed by atoms with van der Waals surface area (Å²) in [6.45, 7) is 6.26. The fraction of sp³-hybridized carbons (Fsp3) is 0.500. The van der Waals surface area contributed by atoms with Crippen LogP contribution in [0.5, 0.6) is 0 Å². The zero-order valence-electron chi connectivity index (χ0n) is 12.6. The highest BCUT2D eigenvalue weighted by molar-refractivity contribution is 5.83. The molecule has 0 saturated carbocycles. The second-order valence-electron chi connectivity index (χ2n) is 5.13. The van der Waals surface area contributed by atoms with Crippen molar-refractivity contribution in [1.82, 2.24) is 4.90 Å². The van der Waals surface area contributed by atoms with Gasteiger partial charge in [0.15, 0.2) is 6.10 Å². The number of amides is 1. The normalized spacial score (nSPS) is 16.5. The lowest BCUT2D eigenvalue weighted by Crippen LogP contribution is -2.51. The molecule has 1 saturated heterocycles. The van der Waals surface area contributed by atoms with Crippen LogP contribution in [0, 0.1) is 0 Å².